The van der Waals surface area contributed by atoms with E-state index in [0.717, 1.165) is 122 Å². The van der Waals surface area contributed by atoms with Crippen LogP contribution in [0.15, 0.2) is 146 Å². The molecule has 0 rings (SSSR count). The summed E-state index contributed by atoms with van der Waals surface area (Å²) in [4.78, 5) is 37.9. The van der Waals surface area contributed by atoms with Crippen LogP contribution < -0.4 is 0 Å². The van der Waals surface area contributed by atoms with E-state index in [2.05, 4.69) is 167 Å². The lowest BCUT2D eigenvalue weighted by molar-refractivity contribution is -0.167. The molecule has 0 heterocycles. The number of hydrogen-bond acceptors (Lipinski definition) is 6. The maximum absolute atomic E-state index is 12.8. The Kier molecular flexibility index (Phi) is 52.1. The van der Waals surface area contributed by atoms with Gasteiger partial charge < -0.3 is 14.2 Å². The van der Waals surface area contributed by atoms with E-state index >= 15 is 0 Å². The van der Waals surface area contributed by atoms with Crippen molar-refractivity contribution >= 4 is 17.9 Å². The van der Waals surface area contributed by atoms with Crippen molar-refractivity contribution in [1.82, 2.24) is 0 Å². The number of hydrogen-bond donors (Lipinski definition) is 0. The minimum Gasteiger partial charge on any atom is -0.462 e. The molecule has 1 unspecified atom stereocenters. The van der Waals surface area contributed by atoms with Gasteiger partial charge in [-0.2, -0.15) is 0 Å². The lowest BCUT2D eigenvalue weighted by Crippen LogP contribution is -2.30. The predicted octanol–water partition coefficient (Wildman–Crippen LogP) is 18.4. The summed E-state index contributed by atoms with van der Waals surface area (Å²) in [5.41, 5.74) is 0. The van der Waals surface area contributed by atoms with E-state index in [1.165, 1.54) is 38.5 Å². The highest BCUT2D eigenvalue weighted by molar-refractivity contribution is 5.71. The van der Waals surface area contributed by atoms with Gasteiger partial charge in [0, 0.05) is 19.3 Å². The first-order chi connectivity index (χ1) is 34.0. The first kappa shape index (κ1) is 64.3. The van der Waals surface area contributed by atoms with Crippen LogP contribution in [-0.4, -0.2) is 37.2 Å². The van der Waals surface area contributed by atoms with Gasteiger partial charge in [0.2, 0.25) is 0 Å². The molecule has 0 amide bonds. The number of unbranched alkanes of at least 4 members (excludes halogenated alkanes) is 12. The van der Waals surface area contributed by atoms with E-state index in [1.807, 2.05) is 0 Å². The quantitative estimate of drug-likeness (QED) is 0.0262. The molecule has 1 atom stereocenters. The molecule has 0 aromatic rings. The number of carbonyl (C=O) groups is 3. The zero-order chi connectivity index (χ0) is 50.0. The van der Waals surface area contributed by atoms with Gasteiger partial charge in [-0.25, -0.2) is 0 Å². The Hall–Kier alpha value is -4.71. The van der Waals surface area contributed by atoms with Crippen LogP contribution in [0.3, 0.4) is 0 Å². The molecule has 0 spiro atoms. The van der Waals surface area contributed by atoms with Gasteiger partial charge in [0.15, 0.2) is 6.10 Å². The molecular formula is C63H98O6. The minimum atomic E-state index is -0.819. The SMILES string of the molecule is CC/C=C\C/C=C\C/C=C\C/C=C\C/C=C\C/C=C\C/C=C\C/C=C\C/C=C\CCCC(=O)OCC(COC(=O)CCCCCCCCCCC)OC(=O)CCCCC/C=C\C/C=C\C/C=C\CC. The molecule has 0 saturated carbocycles. The maximum Gasteiger partial charge on any atom is 0.306 e. The second kappa shape index (κ2) is 55.9. The fourth-order valence-corrected chi connectivity index (χ4v) is 6.81. The molecule has 6 nitrogen and oxygen atoms in total. The predicted molar refractivity (Wildman–Crippen MR) is 297 cm³/mol. The fraction of sp³-hybridized carbons (Fsp3) is 0.571. The van der Waals surface area contributed by atoms with Gasteiger partial charge in [-0.15, -0.1) is 0 Å². The van der Waals surface area contributed by atoms with Crippen molar-refractivity contribution in [2.75, 3.05) is 13.2 Å². The van der Waals surface area contributed by atoms with Gasteiger partial charge in [-0.1, -0.05) is 224 Å². The topological polar surface area (TPSA) is 78.9 Å². The molecule has 0 N–H and O–H groups in total. The van der Waals surface area contributed by atoms with E-state index < -0.39 is 6.10 Å². The largest absolute Gasteiger partial charge is 0.462 e. The highest BCUT2D eigenvalue weighted by Gasteiger charge is 2.19. The molecular weight excluding hydrogens is 853 g/mol. The highest BCUT2D eigenvalue weighted by atomic mass is 16.6. The third kappa shape index (κ3) is 54.1. The lowest BCUT2D eigenvalue weighted by Gasteiger charge is -2.18. The van der Waals surface area contributed by atoms with Crippen molar-refractivity contribution in [3.8, 4) is 0 Å². The van der Waals surface area contributed by atoms with Crippen LogP contribution in [0, 0.1) is 0 Å². The van der Waals surface area contributed by atoms with E-state index in [9.17, 15) is 14.4 Å². The van der Waals surface area contributed by atoms with Crippen LogP contribution in [0.2, 0.25) is 0 Å². The second-order valence-electron chi connectivity index (χ2n) is 17.4. The first-order valence-corrected chi connectivity index (χ1v) is 27.3. The molecule has 0 aliphatic rings. The second-order valence-corrected chi connectivity index (χ2v) is 17.4. The summed E-state index contributed by atoms with van der Waals surface area (Å²) in [6.07, 6.45) is 80.0. The van der Waals surface area contributed by atoms with Crippen molar-refractivity contribution in [1.29, 1.82) is 0 Å². The van der Waals surface area contributed by atoms with Crippen LogP contribution in [0.25, 0.3) is 0 Å². The summed E-state index contributed by atoms with van der Waals surface area (Å²) in [6, 6.07) is 0. The smallest absolute Gasteiger partial charge is 0.306 e. The van der Waals surface area contributed by atoms with Crippen LogP contribution in [0.1, 0.15) is 213 Å². The Labute approximate surface area is 423 Å². The molecule has 0 aliphatic carbocycles. The monoisotopic (exact) mass is 951 g/mol. The summed E-state index contributed by atoms with van der Waals surface area (Å²) < 4.78 is 16.7. The van der Waals surface area contributed by atoms with E-state index in [1.54, 1.807) is 0 Å². The molecule has 386 valence electrons. The average molecular weight is 951 g/mol. The van der Waals surface area contributed by atoms with Gasteiger partial charge >= 0.3 is 17.9 Å². The molecule has 0 bridgehead atoms. The molecule has 0 aromatic carbocycles. The van der Waals surface area contributed by atoms with Gasteiger partial charge in [0.25, 0.3) is 0 Å². The van der Waals surface area contributed by atoms with Crippen LogP contribution in [-0.2, 0) is 28.6 Å². The maximum atomic E-state index is 12.8. The van der Waals surface area contributed by atoms with Gasteiger partial charge in [0.1, 0.15) is 13.2 Å². The average Bonchev–Trinajstić information content (AvgIpc) is 3.35. The highest BCUT2D eigenvalue weighted by Crippen LogP contribution is 2.12. The Morgan fingerprint density at radius 1 is 0.304 bits per heavy atom. The van der Waals surface area contributed by atoms with E-state index in [4.69, 9.17) is 14.2 Å². The molecule has 0 radical (unpaired) electrons. The van der Waals surface area contributed by atoms with E-state index in [0.29, 0.717) is 19.3 Å². The zero-order valence-electron chi connectivity index (χ0n) is 44.0. The fourth-order valence-electron chi connectivity index (χ4n) is 6.81. The van der Waals surface area contributed by atoms with Gasteiger partial charge in [0.05, 0.1) is 0 Å². The number of allylic oxidation sites excluding steroid dienone is 24. The zero-order valence-corrected chi connectivity index (χ0v) is 44.0. The van der Waals surface area contributed by atoms with Crippen LogP contribution in [0.5, 0.6) is 0 Å². The normalized spacial score (nSPS) is 13.3. The van der Waals surface area contributed by atoms with E-state index in [-0.39, 0.29) is 44.0 Å². The lowest BCUT2D eigenvalue weighted by atomic mass is 10.1. The van der Waals surface area contributed by atoms with Gasteiger partial charge in [-0.05, 0) is 116 Å². The summed E-state index contributed by atoms with van der Waals surface area (Å²) in [5, 5.41) is 0. The van der Waals surface area contributed by atoms with Gasteiger partial charge in [-0.3, -0.25) is 14.4 Å². The minimum absolute atomic E-state index is 0.112. The van der Waals surface area contributed by atoms with Crippen molar-refractivity contribution in [2.45, 2.75) is 219 Å². The molecule has 69 heavy (non-hydrogen) atoms. The molecule has 6 heteroatoms. The van der Waals surface area contributed by atoms with Crippen molar-refractivity contribution in [2.24, 2.45) is 0 Å². The number of carbonyl (C=O) groups excluding carboxylic acids is 3. The third-order valence-electron chi connectivity index (χ3n) is 10.8. The number of rotatable bonds is 47. The van der Waals surface area contributed by atoms with Crippen molar-refractivity contribution in [3.63, 3.8) is 0 Å². The van der Waals surface area contributed by atoms with Crippen molar-refractivity contribution < 1.29 is 28.6 Å². The summed E-state index contributed by atoms with van der Waals surface area (Å²) in [5.74, 6) is -1.02. The van der Waals surface area contributed by atoms with Crippen molar-refractivity contribution in [3.05, 3.63) is 146 Å². The van der Waals surface area contributed by atoms with Crippen LogP contribution in [0.4, 0.5) is 0 Å². The summed E-state index contributed by atoms with van der Waals surface area (Å²) >= 11 is 0. The molecule has 0 fully saturated rings. The summed E-state index contributed by atoms with van der Waals surface area (Å²) in [7, 11) is 0. The Morgan fingerprint density at radius 2 is 0.580 bits per heavy atom. The Morgan fingerprint density at radius 3 is 0.942 bits per heavy atom. The third-order valence-corrected chi connectivity index (χ3v) is 10.8. The molecule has 0 aromatic heterocycles. The molecule has 0 saturated heterocycles. The Balaban J connectivity index is 4.39. The Bertz CT molecular complexity index is 1560. The summed E-state index contributed by atoms with van der Waals surface area (Å²) in [6.45, 7) is 6.29. The molecule has 0 aliphatic heterocycles. The standard InChI is InChI=1S/C63H98O6/c1-4-7-10-13-16-19-21-23-24-25-26-27-28-29-30-31-32-33-34-35-36-37-38-40-41-44-47-50-53-56-62(65)68-59-60(58-67-61(64)55-52-49-46-43-18-15-12-9-6-3)69-63(66)57-54-51-48-45-42-39-22-20-17-14-11-8-5-2/h7-8,10-11,16-17,19-20,23-24,26-27,29-30,32-33,35-36,38-40,42,44,47,60H,4-6,9,12-15,18,21-22,25,28,31,34,37,41,43,45-46,48-59H2,1-3H3/b10-7-,11-8-,19-16-,20-17-,24-23-,27-26-,30-29-,33-32-,36-35-,40-38-,42-39-,47-44-. The first-order valence-electron chi connectivity index (χ1n) is 27.3. The number of ether oxygens (including phenoxy) is 3. The van der Waals surface area contributed by atoms with Crippen LogP contribution >= 0.6 is 0 Å². The number of esters is 3.